The van der Waals surface area contributed by atoms with Crippen LogP contribution in [0.2, 0.25) is 4.68 Å². The van der Waals surface area contributed by atoms with Crippen molar-refractivity contribution in [2.24, 2.45) is 11.5 Å². The van der Waals surface area contributed by atoms with E-state index in [1.54, 1.807) is 0 Å². The van der Waals surface area contributed by atoms with E-state index in [9.17, 15) is 4.79 Å². The van der Waals surface area contributed by atoms with Crippen LogP contribution >= 0.6 is 0 Å². The van der Waals surface area contributed by atoms with Gasteiger partial charge in [0.25, 0.3) is 0 Å². The second-order valence-corrected chi connectivity index (χ2v) is 10.6. The molecule has 0 aliphatic carbocycles. The Bertz CT molecular complexity index is 289. The van der Waals surface area contributed by atoms with Crippen LogP contribution in [0.15, 0.2) is 19.3 Å². The Morgan fingerprint density at radius 1 is 1.64 bits per heavy atom. The molecule has 1 rings (SSSR count). The summed E-state index contributed by atoms with van der Waals surface area (Å²) in [6, 6.07) is -1.45. The summed E-state index contributed by atoms with van der Waals surface area (Å²) in [5.74, 6) is -1.03. The third-order valence-electron chi connectivity index (χ3n) is 2.31. The van der Waals surface area contributed by atoms with Crippen molar-refractivity contribution in [2.45, 2.75) is 23.2 Å². The normalized spacial score (nSPS) is 19.4. The van der Waals surface area contributed by atoms with Gasteiger partial charge in [0.1, 0.15) is 0 Å². The van der Waals surface area contributed by atoms with Gasteiger partial charge in [0.05, 0.1) is 0 Å². The van der Waals surface area contributed by atoms with Gasteiger partial charge in [-0.1, -0.05) is 0 Å². The van der Waals surface area contributed by atoms with Crippen molar-refractivity contribution >= 4 is 27.4 Å². The maximum atomic E-state index is 10.5. The molecule has 1 aliphatic rings. The summed E-state index contributed by atoms with van der Waals surface area (Å²) in [7, 11) is 0. The molecule has 14 heavy (non-hydrogen) atoms. The van der Waals surface area contributed by atoms with E-state index in [4.69, 9.17) is 16.6 Å². The van der Waals surface area contributed by atoms with Crippen LogP contribution in [0.3, 0.4) is 0 Å². The third-order valence-corrected chi connectivity index (χ3v) is 7.31. The van der Waals surface area contributed by atoms with Gasteiger partial charge in [0.2, 0.25) is 0 Å². The Morgan fingerprint density at radius 3 is 2.71 bits per heavy atom. The van der Waals surface area contributed by atoms with Crippen LogP contribution in [0.5, 0.6) is 0 Å². The fourth-order valence-corrected chi connectivity index (χ4v) is 5.96. The number of rotatable bonds is 4. The Balaban J connectivity index is 2.49. The number of nitrogens with two attached hydrogens (primary N) is 2. The molecule has 5 heteroatoms. The molecule has 4 nitrogen and oxygen atoms in total. The second kappa shape index (κ2) is 5.00. The van der Waals surface area contributed by atoms with Gasteiger partial charge in [-0.3, -0.25) is 0 Å². The third kappa shape index (κ3) is 3.15. The molecule has 0 unspecified atom stereocenters. The van der Waals surface area contributed by atoms with Gasteiger partial charge in [-0.15, -0.1) is 0 Å². The number of carboxylic acids is 1. The van der Waals surface area contributed by atoms with Gasteiger partial charge in [-0.2, -0.15) is 0 Å². The molecule has 0 saturated heterocycles. The summed E-state index contributed by atoms with van der Waals surface area (Å²) in [5, 5.41) is 8.65. The van der Waals surface area contributed by atoms with Crippen LogP contribution in [-0.4, -0.2) is 44.6 Å². The molecule has 0 saturated carbocycles. The fourth-order valence-electron chi connectivity index (χ4n) is 1.44. The Hall–Kier alpha value is -0.260. The van der Waals surface area contributed by atoms with E-state index in [1.165, 1.54) is 0 Å². The van der Waals surface area contributed by atoms with E-state index in [0.29, 0.717) is 6.42 Å². The van der Waals surface area contributed by atoms with Crippen molar-refractivity contribution in [3.8, 4) is 0 Å². The predicted octanol–water partition coefficient (Wildman–Crippen LogP) is -0.185. The molecular formula is C9H15InN2O2. The van der Waals surface area contributed by atoms with Gasteiger partial charge in [0.15, 0.2) is 0 Å². The average Bonchev–Trinajstić information content (AvgIpc) is 2.49. The zero-order valence-electron chi connectivity index (χ0n) is 8.18. The SMILES string of the molecule is [CH3][In]1[CH]=CC(C[C@H](N)[C@H](N)C(=O)O)=[CH]1. The van der Waals surface area contributed by atoms with Gasteiger partial charge < -0.3 is 0 Å². The number of carboxylic acid groups (broad SMARTS) is 1. The van der Waals surface area contributed by atoms with Crippen LogP contribution in [0.4, 0.5) is 0 Å². The van der Waals surface area contributed by atoms with Crippen LogP contribution in [0.25, 0.3) is 0 Å². The van der Waals surface area contributed by atoms with E-state index < -0.39 is 39.5 Å². The number of hydrogen-bond donors (Lipinski definition) is 3. The predicted molar refractivity (Wildman–Crippen MR) is 57.0 cm³/mol. The van der Waals surface area contributed by atoms with Crippen LogP contribution in [0.1, 0.15) is 6.42 Å². The van der Waals surface area contributed by atoms with E-state index in [1.807, 2.05) is 0 Å². The minimum atomic E-state index is -1.43. The Kier molecular flexibility index (Phi) is 4.22. The van der Waals surface area contributed by atoms with Gasteiger partial charge in [0, 0.05) is 0 Å². The summed E-state index contributed by atoms with van der Waals surface area (Å²) in [5.41, 5.74) is 12.3. The topological polar surface area (TPSA) is 89.3 Å². The molecule has 2 atom stereocenters. The van der Waals surface area contributed by atoms with Crippen molar-refractivity contribution in [1.82, 2.24) is 0 Å². The summed E-state index contributed by atoms with van der Waals surface area (Å²) in [6.07, 6.45) is 2.64. The maximum absolute atomic E-state index is 10.5. The quantitative estimate of drug-likeness (QED) is 0.671. The number of hydrogen-bond acceptors (Lipinski definition) is 3. The molecule has 5 N–H and O–H groups in total. The molecule has 0 radical (unpaired) electrons. The second-order valence-electron chi connectivity index (χ2n) is 3.69. The van der Waals surface area contributed by atoms with E-state index in [0.717, 1.165) is 5.57 Å². The fraction of sp³-hybridized carbons (Fsp3) is 0.444. The molecule has 0 fully saturated rings. The molecule has 0 aromatic heterocycles. The molecule has 76 valence electrons. The summed E-state index contributed by atoms with van der Waals surface area (Å²) in [4.78, 5) is 10.5. The first kappa shape index (κ1) is 11.8. The van der Waals surface area contributed by atoms with Crippen molar-refractivity contribution in [2.75, 3.05) is 0 Å². The molecule has 1 heterocycles. The standard InChI is InChI=1S/C8H12N2O2.CH3.In/c1-3-5(2)4-6(9)7(10)8(11)12;;/h1-3,6-7H,4,9-10H2,(H,11,12);1H3;/t6-,7-;;/m0../s1. The average molecular weight is 298 g/mol. The van der Waals surface area contributed by atoms with Crippen LogP contribution < -0.4 is 11.5 Å². The Labute approximate surface area is 91.2 Å². The first-order chi connectivity index (χ1) is 6.50. The summed E-state index contributed by atoms with van der Waals surface area (Å²) >= 11 is -1.43. The number of carbonyl (C=O) groups is 1. The minimum absolute atomic E-state index is 0.486. The Morgan fingerprint density at radius 2 is 2.29 bits per heavy atom. The molecule has 0 spiro atoms. The molecular weight excluding hydrogens is 283 g/mol. The summed E-state index contributed by atoms with van der Waals surface area (Å²) in [6.45, 7) is 0. The zero-order chi connectivity index (χ0) is 10.7. The molecule has 0 amide bonds. The molecule has 0 bridgehead atoms. The van der Waals surface area contributed by atoms with Crippen molar-refractivity contribution in [3.05, 3.63) is 19.3 Å². The van der Waals surface area contributed by atoms with Crippen LogP contribution in [-0.2, 0) is 4.79 Å². The van der Waals surface area contributed by atoms with Crippen molar-refractivity contribution in [3.63, 3.8) is 0 Å². The first-order valence-corrected chi connectivity index (χ1v) is 11.7. The summed E-state index contributed by atoms with van der Waals surface area (Å²) < 4.78 is 6.81. The number of aliphatic carboxylic acids is 1. The molecule has 0 aromatic carbocycles. The van der Waals surface area contributed by atoms with Crippen LogP contribution in [0, 0.1) is 0 Å². The van der Waals surface area contributed by atoms with E-state index >= 15 is 0 Å². The van der Waals surface area contributed by atoms with E-state index in [2.05, 4.69) is 18.4 Å². The number of allylic oxidation sites excluding steroid dienone is 1. The van der Waals surface area contributed by atoms with Gasteiger partial charge in [-0.25, -0.2) is 0 Å². The monoisotopic (exact) mass is 298 g/mol. The van der Waals surface area contributed by atoms with Gasteiger partial charge in [-0.05, 0) is 0 Å². The van der Waals surface area contributed by atoms with Gasteiger partial charge >= 0.3 is 91.3 Å². The molecule has 1 aliphatic heterocycles. The zero-order valence-corrected chi connectivity index (χ0v) is 11.5. The first-order valence-electron chi connectivity index (χ1n) is 4.63. The van der Waals surface area contributed by atoms with E-state index in [-0.39, 0.29) is 0 Å². The van der Waals surface area contributed by atoms with Crippen molar-refractivity contribution in [1.29, 1.82) is 0 Å². The molecule has 0 aromatic rings. The van der Waals surface area contributed by atoms with Crippen molar-refractivity contribution < 1.29 is 9.90 Å².